The van der Waals surface area contributed by atoms with Crippen molar-refractivity contribution in [2.24, 2.45) is 12.0 Å². The molecule has 0 spiro atoms. The van der Waals surface area contributed by atoms with E-state index in [-0.39, 0.29) is 30.1 Å². The van der Waals surface area contributed by atoms with Gasteiger partial charge in [0.25, 0.3) is 0 Å². The van der Waals surface area contributed by atoms with Crippen LogP contribution in [-0.2, 0) is 13.6 Å². The van der Waals surface area contributed by atoms with E-state index in [2.05, 4.69) is 20.7 Å². The first-order valence-corrected chi connectivity index (χ1v) is 8.37. The Hall–Kier alpha value is -1.48. The van der Waals surface area contributed by atoms with Gasteiger partial charge in [0.15, 0.2) is 5.96 Å². The number of nitrogens with zero attached hydrogens (tertiary/aromatic N) is 3. The number of hydrogen-bond donors (Lipinski definition) is 2. The Bertz CT molecular complexity index is 677. The number of rotatable bonds is 7. The fourth-order valence-corrected chi connectivity index (χ4v) is 2.29. The monoisotopic (exact) mass is 477 g/mol. The molecule has 0 aliphatic heterocycles. The molecule has 0 bridgehead atoms. The van der Waals surface area contributed by atoms with E-state index in [0.29, 0.717) is 18.1 Å². The van der Waals surface area contributed by atoms with Crippen molar-refractivity contribution in [1.29, 1.82) is 0 Å². The van der Waals surface area contributed by atoms with Gasteiger partial charge in [-0.3, -0.25) is 4.68 Å². The molecular formula is C17H25ClIN5O. The van der Waals surface area contributed by atoms with Crippen LogP contribution in [0.15, 0.2) is 41.5 Å². The molecular weight excluding hydrogens is 453 g/mol. The van der Waals surface area contributed by atoms with Crippen LogP contribution in [0.2, 0.25) is 5.02 Å². The lowest BCUT2D eigenvalue weighted by atomic mass is 10.3. The minimum Gasteiger partial charge on any atom is -0.489 e. The molecule has 0 aliphatic carbocycles. The minimum absolute atomic E-state index is 0. The summed E-state index contributed by atoms with van der Waals surface area (Å²) in [5, 5.41) is 11.3. The van der Waals surface area contributed by atoms with Gasteiger partial charge in [0.1, 0.15) is 11.9 Å². The molecule has 2 aromatic rings. The number of aromatic nitrogens is 2. The number of aliphatic imine (C=N–C) groups is 1. The highest BCUT2D eigenvalue weighted by molar-refractivity contribution is 14.0. The van der Waals surface area contributed by atoms with Crippen molar-refractivity contribution in [2.75, 3.05) is 13.1 Å². The predicted octanol–water partition coefficient (Wildman–Crippen LogP) is 3.21. The molecule has 25 heavy (non-hydrogen) atoms. The van der Waals surface area contributed by atoms with E-state index in [1.165, 1.54) is 0 Å². The maximum atomic E-state index is 5.97. The van der Waals surface area contributed by atoms with Gasteiger partial charge in [0.2, 0.25) is 0 Å². The van der Waals surface area contributed by atoms with E-state index in [4.69, 9.17) is 16.3 Å². The molecule has 0 saturated carbocycles. The third-order valence-electron chi connectivity index (χ3n) is 3.36. The number of halogens is 2. The summed E-state index contributed by atoms with van der Waals surface area (Å²) in [7, 11) is 1.91. The molecule has 0 amide bonds. The molecule has 1 atom stereocenters. The average Bonchev–Trinajstić information content (AvgIpc) is 2.95. The number of ether oxygens (including phenoxy) is 1. The van der Waals surface area contributed by atoms with Crippen molar-refractivity contribution < 1.29 is 4.74 Å². The molecule has 2 rings (SSSR count). The fourth-order valence-electron chi connectivity index (χ4n) is 2.11. The van der Waals surface area contributed by atoms with Crippen molar-refractivity contribution in [2.45, 2.75) is 26.5 Å². The number of hydrogen-bond acceptors (Lipinski definition) is 3. The predicted molar refractivity (Wildman–Crippen MR) is 113 cm³/mol. The maximum Gasteiger partial charge on any atom is 0.191 e. The van der Waals surface area contributed by atoms with Crippen molar-refractivity contribution in [3.05, 3.63) is 47.2 Å². The van der Waals surface area contributed by atoms with Gasteiger partial charge in [-0.1, -0.05) is 17.7 Å². The van der Waals surface area contributed by atoms with Crippen molar-refractivity contribution >= 4 is 41.5 Å². The molecule has 1 aromatic carbocycles. The number of aryl methyl sites for hydroxylation is 1. The van der Waals surface area contributed by atoms with Crippen LogP contribution in [0.5, 0.6) is 5.75 Å². The van der Waals surface area contributed by atoms with E-state index in [0.717, 1.165) is 23.9 Å². The van der Waals surface area contributed by atoms with Gasteiger partial charge < -0.3 is 15.4 Å². The smallest absolute Gasteiger partial charge is 0.191 e. The van der Waals surface area contributed by atoms with Crippen molar-refractivity contribution in [3.63, 3.8) is 0 Å². The van der Waals surface area contributed by atoms with Crippen LogP contribution < -0.4 is 15.4 Å². The van der Waals surface area contributed by atoms with Crippen LogP contribution in [0, 0.1) is 0 Å². The lowest BCUT2D eigenvalue weighted by Crippen LogP contribution is -2.41. The van der Waals surface area contributed by atoms with Crippen LogP contribution in [0.1, 0.15) is 19.5 Å². The summed E-state index contributed by atoms with van der Waals surface area (Å²) in [5.41, 5.74) is 1.05. The van der Waals surface area contributed by atoms with Gasteiger partial charge in [-0.15, -0.1) is 24.0 Å². The highest BCUT2D eigenvalue weighted by Gasteiger charge is 2.06. The second kappa shape index (κ2) is 11.2. The highest BCUT2D eigenvalue weighted by Crippen LogP contribution is 2.18. The van der Waals surface area contributed by atoms with E-state index in [1.54, 1.807) is 12.3 Å². The summed E-state index contributed by atoms with van der Waals surface area (Å²) in [6.45, 7) is 6.02. The topological polar surface area (TPSA) is 63.5 Å². The molecule has 2 N–H and O–H groups in total. The van der Waals surface area contributed by atoms with Gasteiger partial charge in [0.05, 0.1) is 18.8 Å². The standard InChI is InChI=1S/C17H24ClN5O.HI/c1-4-19-17(21-12-15-8-9-22-23(15)3)20-11-13(2)24-16-7-5-6-14(18)10-16;/h5-10,13H,4,11-12H2,1-3H3,(H2,19,20,21);1H. The van der Waals surface area contributed by atoms with Crippen molar-refractivity contribution in [3.8, 4) is 5.75 Å². The van der Waals surface area contributed by atoms with E-state index in [1.807, 2.05) is 49.8 Å². The Morgan fingerprint density at radius 3 is 2.80 bits per heavy atom. The van der Waals surface area contributed by atoms with E-state index in [9.17, 15) is 0 Å². The Morgan fingerprint density at radius 2 is 2.16 bits per heavy atom. The zero-order valence-electron chi connectivity index (χ0n) is 14.7. The Morgan fingerprint density at radius 1 is 1.36 bits per heavy atom. The first-order chi connectivity index (χ1) is 11.6. The van der Waals surface area contributed by atoms with Crippen LogP contribution in [0.3, 0.4) is 0 Å². The zero-order chi connectivity index (χ0) is 17.4. The zero-order valence-corrected chi connectivity index (χ0v) is 17.8. The van der Waals surface area contributed by atoms with Crippen LogP contribution in [0.4, 0.5) is 0 Å². The molecule has 0 radical (unpaired) electrons. The Labute approximate surface area is 171 Å². The molecule has 6 nitrogen and oxygen atoms in total. The van der Waals surface area contributed by atoms with E-state index < -0.39 is 0 Å². The summed E-state index contributed by atoms with van der Waals surface area (Å²) in [5.74, 6) is 1.51. The second-order valence-electron chi connectivity index (χ2n) is 5.41. The summed E-state index contributed by atoms with van der Waals surface area (Å²) in [6, 6.07) is 9.35. The van der Waals surface area contributed by atoms with Gasteiger partial charge in [-0.2, -0.15) is 5.10 Å². The third-order valence-corrected chi connectivity index (χ3v) is 3.59. The van der Waals surface area contributed by atoms with Crippen LogP contribution >= 0.6 is 35.6 Å². The van der Waals surface area contributed by atoms with E-state index >= 15 is 0 Å². The largest absolute Gasteiger partial charge is 0.489 e. The summed E-state index contributed by atoms with van der Waals surface area (Å²) in [6.07, 6.45) is 1.75. The normalized spacial score (nSPS) is 12.2. The first kappa shape index (κ1) is 21.6. The van der Waals surface area contributed by atoms with Gasteiger partial charge in [-0.25, -0.2) is 4.99 Å². The molecule has 1 aromatic heterocycles. The van der Waals surface area contributed by atoms with Gasteiger partial charge in [-0.05, 0) is 38.1 Å². The molecule has 8 heteroatoms. The molecule has 0 fully saturated rings. The average molecular weight is 478 g/mol. The van der Waals surface area contributed by atoms with Crippen molar-refractivity contribution in [1.82, 2.24) is 20.4 Å². The SMILES string of the molecule is CCNC(=NCc1ccnn1C)NCC(C)Oc1cccc(Cl)c1.I. The maximum absolute atomic E-state index is 5.97. The van der Waals surface area contributed by atoms with Crippen LogP contribution in [0.25, 0.3) is 0 Å². The number of benzene rings is 1. The molecule has 138 valence electrons. The summed E-state index contributed by atoms with van der Waals surface area (Å²) in [4.78, 5) is 4.57. The molecule has 0 aliphatic rings. The molecule has 0 saturated heterocycles. The summed E-state index contributed by atoms with van der Waals surface area (Å²) < 4.78 is 7.67. The fraction of sp³-hybridized carbons (Fsp3) is 0.412. The molecule has 1 unspecified atom stereocenters. The molecule has 1 heterocycles. The minimum atomic E-state index is -0.0241. The first-order valence-electron chi connectivity index (χ1n) is 7.99. The third kappa shape index (κ3) is 7.52. The lowest BCUT2D eigenvalue weighted by molar-refractivity contribution is 0.224. The van der Waals surface area contributed by atoms with Gasteiger partial charge in [0, 0.05) is 24.8 Å². The highest BCUT2D eigenvalue weighted by atomic mass is 127. The Balaban J connectivity index is 0.00000312. The van der Waals surface area contributed by atoms with Crippen LogP contribution in [-0.4, -0.2) is 34.9 Å². The second-order valence-corrected chi connectivity index (χ2v) is 5.84. The number of guanidine groups is 1. The summed E-state index contributed by atoms with van der Waals surface area (Å²) >= 11 is 5.97. The lowest BCUT2D eigenvalue weighted by Gasteiger charge is -2.17. The number of nitrogens with one attached hydrogen (secondary N) is 2. The quantitative estimate of drug-likeness (QED) is 0.365. The Kier molecular flexibility index (Phi) is 9.66. The van der Waals surface area contributed by atoms with Gasteiger partial charge >= 0.3 is 0 Å².